The van der Waals surface area contributed by atoms with Crippen molar-refractivity contribution in [3.8, 4) is 16.9 Å². The van der Waals surface area contributed by atoms with Crippen molar-refractivity contribution in [1.82, 2.24) is 23.9 Å². The largest absolute Gasteiger partial charge is 0.381 e. The molecule has 244 valence electrons. The van der Waals surface area contributed by atoms with Crippen LogP contribution in [0.1, 0.15) is 66.2 Å². The summed E-state index contributed by atoms with van der Waals surface area (Å²) in [5.41, 5.74) is 12.5. The van der Waals surface area contributed by atoms with Crippen LogP contribution >= 0.6 is 0 Å². The van der Waals surface area contributed by atoms with E-state index in [1.165, 1.54) is 18.5 Å². The standard InChI is InChI=1S/C33H37N9O5/c1-33(2,46)32(45)39-13-10-21(11-14-39)24-17-23(28-29(34)36-19-37-41(24)28)20-6-8-22(9-7-20)38-30(43)27-25-18-47-16-15-40(25)42(31(27)44)26-5-3-4-12-35-26/h3-9,12,17,19,21,29,46H,10-11,13-16,18,34H2,1-2H3,(H,36,37)(H,38,43). The smallest absolute Gasteiger partial charge is 0.286 e. The van der Waals surface area contributed by atoms with E-state index in [1.54, 1.807) is 52.4 Å². The fourth-order valence-corrected chi connectivity index (χ4v) is 6.67. The van der Waals surface area contributed by atoms with E-state index >= 15 is 0 Å². The molecule has 0 bridgehead atoms. The molecule has 0 aliphatic carbocycles. The fourth-order valence-electron chi connectivity index (χ4n) is 6.67. The van der Waals surface area contributed by atoms with Crippen molar-refractivity contribution in [3.05, 3.63) is 87.7 Å². The minimum atomic E-state index is -1.40. The van der Waals surface area contributed by atoms with E-state index in [9.17, 15) is 19.5 Å². The second kappa shape index (κ2) is 12.0. The lowest BCUT2D eigenvalue weighted by molar-refractivity contribution is -0.148. The van der Waals surface area contributed by atoms with Crippen LogP contribution in [-0.2, 0) is 22.7 Å². The van der Waals surface area contributed by atoms with E-state index in [4.69, 9.17) is 10.5 Å². The molecule has 7 rings (SSSR count). The summed E-state index contributed by atoms with van der Waals surface area (Å²) in [6.45, 7) is 5.11. The number of anilines is 1. The Morgan fingerprint density at radius 3 is 2.57 bits per heavy atom. The Bertz CT molecular complexity index is 1910. The lowest BCUT2D eigenvalue weighted by atomic mass is 9.92. The lowest BCUT2D eigenvalue weighted by Gasteiger charge is -2.35. The van der Waals surface area contributed by atoms with Gasteiger partial charge in [-0.1, -0.05) is 18.2 Å². The third kappa shape index (κ3) is 5.53. The molecular weight excluding hydrogens is 602 g/mol. The van der Waals surface area contributed by atoms with Gasteiger partial charge in [0.15, 0.2) is 5.82 Å². The van der Waals surface area contributed by atoms with Gasteiger partial charge < -0.3 is 25.8 Å². The summed E-state index contributed by atoms with van der Waals surface area (Å²) in [7, 11) is 0. The maximum Gasteiger partial charge on any atom is 0.286 e. The molecule has 1 fully saturated rings. The quantitative estimate of drug-likeness (QED) is 0.249. The number of aliphatic hydroxyl groups is 1. The lowest BCUT2D eigenvalue weighted by Crippen LogP contribution is -2.48. The zero-order valence-corrected chi connectivity index (χ0v) is 26.2. The van der Waals surface area contributed by atoms with E-state index in [2.05, 4.69) is 26.8 Å². The van der Waals surface area contributed by atoms with Crippen LogP contribution in [0.4, 0.5) is 5.69 Å². The van der Waals surface area contributed by atoms with Crippen molar-refractivity contribution in [2.45, 2.75) is 57.5 Å². The van der Waals surface area contributed by atoms with Crippen LogP contribution in [-0.4, -0.2) is 72.5 Å². The van der Waals surface area contributed by atoms with Gasteiger partial charge in [0.05, 0.1) is 31.1 Å². The molecule has 0 saturated carbocycles. The Labute approximate surface area is 270 Å². The van der Waals surface area contributed by atoms with Gasteiger partial charge in [-0.25, -0.2) is 9.98 Å². The number of nitrogens with one attached hydrogen (secondary N) is 2. The first kappa shape index (κ1) is 30.6. The predicted molar refractivity (Wildman–Crippen MR) is 175 cm³/mol. The van der Waals surface area contributed by atoms with E-state index < -0.39 is 23.2 Å². The molecule has 6 heterocycles. The van der Waals surface area contributed by atoms with Gasteiger partial charge in [0.25, 0.3) is 17.4 Å². The van der Waals surface area contributed by atoms with Crippen molar-refractivity contribution >= 4 is 23.8 Å². The van der Waals surface area contributed by atoms with Crippen LogP contribution in [0, 0.1) is 0 Å². The summed E-state index contributed by atoms with van der Waals surface area (Å²) in [5.74, 6) is -0.197. The van der Waals surface area contributed by atoms with Gasteiger partial charge in [-0.2, -0.15) is 4.68 Å². The Morgan fingerprint density at radius 2 is 1.87 bits per heavy atom. The molecule has 5 N–H and O–H groups in total. The highest BCUT2D eigenvalue weighted by atomic mass is 16.5. The number of nitrogens with two attached hydrogens (primary N) is 1. The zero-order valence-electron chi connectivity index (χ0n) is 26.2. The number of hydrogen-bond acceptors (Lipinski definition) is 9. The summed E-state index contributed by atoms with van der Waals surface area (Å²) in [4.78, 5) is 50.1. The number of carbonyl (C=O) groups excluding carboxylic acids is 2. The third-order valence-electron chi connectivity index (χ3n) is 8.97. The normalized spacial score (nSPS) is 18.0. The van der Waals surface area contributed by atoms with Gasteiger partial charge in [-0.15, -0.1) is 0 Å². The van der Waals surface area contributed by atoms with E-state index in [-0.39, 0.29) is 24.0 Å². The zero-order chi connectivity index (χ0) is 32.9. The van der Waals surface area contributed by atoms with Crippen LogP contribution in [0.25, 0.3) is 16.9 Å². The van der Waals surface area contributed by atoms with Gasteiger partial charge in [0.1, 0.15) is 23.7 Å². The molecule has 1 aromatic carbocycles. The Kier molecular flexibility index (Phi) is 7.78. The number of pyridine rings is 1. The molecule has 1 saturated heterocycles. The number of carbonyl (C=O) groups is 2. The van der Waals surface area contributed by atoms with Crippen molar-refractivity contribution in [2.75, 3.05) is 30.4 Å². The summed E-state index contributed by atoms with van der Waals surface area (Å²) in [6, 6.07) is 14.8. The SMILES string of the molecule is CC(C)(O)C(=O)N1CCC(c2cc(-c3ccc(NC(=O)c4c5n(n(-c6ccccn6)c4=O)CCOC5)cc3)c3n2NC=NC3N)CC1. The molecule has 2 amide bonds. The molecule has 47 heavy (non-hydrogen) atoms. The molecule has 3 aromatic heterocycles. The Balaban J connectivity index is 1.14. The highest BCUT2D eigenvalue weighted by Crippen LogP contribution is 2.38. The number of ether oxygens (including phenoxy) is 1. The molecule has 4 aromatic rings. The predicted octanol–water partition coefficient (Wildman–Crippen LogP) is 2.30. The van der Waals surface area contributed by atoms with Crippen LogP contribution in [0.5, 0.6) is 0 Å². The second-order valence-corrected chi connectivity index (χ2v) is 12.5. The summed E-state index contributed by atoms with van der Waals surface area (Å²) >= 11 is 0. The first-order valence-corrected chi connectivity index (χ1v) is 15.7. The molecule has 1 unspecified atom stereocenters. The Morgan fingerprint density at radius 1 is 1.11 bits per heavy atom. The number of benzene rings is 1. The van der Waals surface area contributed by atoms with Crippen molar-refractivity contribution in [2.24, 2.45) is 10.7 Å². The van der Waals surface area contributed by atoms with Gasteiger partial charge in [0, 0.05) is 42.1 Å². The minimum Gasteiger partial charge on any atom is -0.381 e. The molecule has 3 aliphatic heterocycles. The molecule has 1 atom stereocenters. The molecule has 0 radical (unpaired) electrons. The number of rotatable bonds is 6. The first-order valence-electron chi connectivity index (χ1n) is 15.7. The monoisotopic (exact) mass is 639 g/mol. The molecule has 14 nitrogen and oxygen atoms in total. The van der Waals surface area contributed by atoms with Gasteiger partial charge >= 0.3 is 0 Å². The number of aromatic nitrogens is 4. The molecular formula is C33H37N9O5. The molecule has 14 heteroatoms. The molecule has 0 spiro atoms. The number of piperidine rings is 1. The second-order valence-electron chi connectivity index (χ2n) is 12.5. The van der Waals surface area contributed by atoms with Crippen molar-refractivity contribution in [1.29, 1.82) is 0 Å². The number of likely N-dealkylation sites (tertiary alicyclic amines) is 1. The van der Waals surface area contributed by atoms with Gasteiger partial charge in [-0.05, 0) is 62.6 Å². The third-order valence-corrected chi connectivity index (χ3v) is 8.97. The number of fused-ring (bicyclic) bond motifs is 2. The van der Waals surface area contributed by atoms with Crippen LogP contribution in [0.2, 0.25) is 0 Å². The number of amides is 2. The van der Waals surface area contributed by atoms with E-state index in [0.717, 1.165) is 35.4 Å². The minimum absolute atomic E-state index is 0.0239. The first-order chi connectivity index (χ1) is 22.6. The topological polar surface area (TPSA) is 174 Å². The molecule has 3 aliphatic rings. The van der Waals surface area contributed by atoms with Gasteiger partial charge in [-0.3, -0.25) is 29.2 Å². The van der Waals surface area contributed by atoms with E-state index in [1.807, 2.05) is 16.8 Å². The van der Waals surface area contributed by atoms with Crippen LogP contribution < -0.4 is 22.0 Å². The average molecular weight is 640 g/mol. The highest BCUT2D eigenvalue weighted by Gasteiger charge is 2.35. The number of nitrogens with zero attached hydrogens (tertiary/aromatic N) is 6. The van der Waals surface area contributed by atoms with Crippen molar-refractivity contribution < 1.29 is 19.4 Å². The summed E-state index contributed by atoms with van der Waals surface area (Å²) in [5, 5.41) is 13.1. The maximum atomic E-state index is 13.5. The highest BCUT2D eigenvalue weighted by molar-refractivity contribution is 6.05. The summed E-state index contributed by atoms with van der Waals surface area (Å²) in [6.07, 6.45) is 4.08. The van der Waals surface area contributed by atoms with Crippen LogP contribution in [0.3, 0.4) is 0 Å². The van der Waals surface area contributed by atoms with Crippen molar-refractivity contribution in [3.63, 3.8) is 0 Å². The summed E-state index contributed by atoms with van der Waals surface area (Å²) < 4.78 is 10.8. The number of hydrogen-bond donors (Lipinski definition) is 4. The van der Waals surface area contributed by atoms with E-state index in [0.29, 0.717) is 43.4 Å². The Hall–Kier alpha value is -5.05. The fraction of sp³-hybridized carbons (Fsp3) is 0.364. The van der Waals surface area contributed by atoms with Crippen LogP contribution in [0.15, 0.2) is 64.5 Å². The number of aliphatic imine (C=N–C) groups is 1. The maximum absolute atomic E-state index is 13.5. The average Bonchev–Trinajstić information content (AvgIpc) is 3.61. The van der Waals surface area contributed by atoms with Gasteiger partial charge in [0.2, 0.25) is 0 Å².